The second kappa shape index (κ2) is 4.10. The number of carbonyl (C=O) groups is 1. The average Bonchev–Trinajstić information content (AvgIpc) is 2.34. The highest BCUT2D eigenvalue weighted by Gasteiger charge is 2.56. The molecule has 2 nitrogen and oxygen atoms in total. The zero-order valence-corrected chi connectivity index (χ0v) is 13.5. The van der Waals surface area contributed by atoms with Crippen LogP contribution in [0.2, 0.25) is 0 Å². The molecule has 2 aliphatic rings. The van der Waals surface area contributed by atoms with E-state index in [2.05, 4.69) is 50.3 Å². The number of carbonyl (C=O) groups excluding carboxylic acids is 1. The molecule has 0 aromatic heterocycles. The minimum atomic E-state index is 0.0140. The van der Waals surface area contributed by atoms with Crippen molar-refractivity contribution in [2.75, 3.05) is 4.43 Å². The number of ether oxygens (including phenoxy) is 1. The Morgan fingerprint density at radius 1 is 1.18 bits per heavy atom. The van der Waals surface area contributed by atoms with E-state index >= 15 is 0 Å². The van der Waals surface area contributed by atoms with Crippen molar-refractivity contribution in [2.45, 2.75) is 59.5 Å². The molecule has 1 unspecified atom stereocenters. The Hall–Kier alpha value is 0.200. The van der Waals surface area contributed by atoms with Gasteiger partial charge in [-0.15, -0.1) is 0 Å². The van der Waals surface area contributed by atoms with Gasteiger partial charge in [0.25, 0.3) is 0 Å². The Labute approximate surface area is 118 Å². The van der Waals surface area contributed by atoms with E-state index in [0.29, 0.717) is 17.3 Å². The summed E-state index contributed by atoms with van der Waals surface area (Å²) in [5, 5.41) is 0. The Balaban J connectivity index is 2.33. The van der Waals surface area contributed by atoms with E-state index in [1.807, 2.05) is 0 Å². The first kappa shape index (κ1) is 13.6. The maximum atomic E-state index is 11.7. The van der Waals surface area contributed by atoms with Gasteiger partial charge in [-0.2, -0.15) is 0 Å². The lowest BCUT2D eigenvalue weighted by atomic mass is 9.53. The van der Waals surface area contributed by atoms with Crippen LogP contribution in [0.15, 0.2) is 0 Å². The van der Waals surface area contributed by atoms with Crippen LogP contribution in [-0.2, 0) is 9.53 Å². The quantitative estimate of drug-likeness (QED) is 0.407. The van der Waals surface area contributed by atoms with Crippen molar-refractivity contribution in [3.8, 4) is 0 Å². The topological polar surface area (TPSA) is 26.3 Å². The number of alkyl halides is 1. The number of rotatable bonds is 1. The smallest absolute Gasteiger partial charge is 0.306 e. The number of cyclic esters (lactones) is 1. The Bertz CT molecular complexity index is 317. The molecule has 1 saturated carbocycles. The van der Waals surface area contributed by atoms with Gasteiger partial charge >= 0.3 is 5.97 Å². The standard InChI is InChI=1S/C14H23IO2/c1-12(2)7-13(3,4)9-14(8-12)5-11(16)17-10(14)6-15/h10H,5-9H2,1-4H3. The third kappa shape index (κ3) is 2.64. The average molecular weight is 350 g/mol. The van der Waals surface area contributed by atoms with Gasteiger partial charge in [0.15, 0.2) is 0 Å². The van der Waals surface area contributed by atoms with Gasteiger partial charge in [-0.1, -0.05) is 50.3 Å². The third-order valence-corrected chi connectivity index (χ3v) is 5.01. The molecule has 0 aromatic rings. The van der Waals surface area contributed by atoms with Crippen LogP contribution in [0.4, 0.5) is 0 Å². The molecule has 0 aromatic carbocycles. The number of esters is 1. The van der Waals surface area contributed by atoms with Crippen LogP contribution < -0.4 is 0 Å². The van der Waals surface area contributed by atoms with Crippen molar-refractivity contribution in [2.24, 2.45) is 16.2 Å². The van der Waals surface area contributed by atoms with Crippen LogP contribution in [-0.4, -0.2) is 16.5 Å². The lowest BCUT2D eigenvalue weighted by molar-refractivity contribution is -0.141. The summed E-state index contributed by atoms with van der Waals surface area (Å²) in [5.74, 6) is 0.0140. The summed E-state index contributed by atoms with van der Waals surface area (Å²) in [4.78, 5) is 11.7. The summed E-state index contributed by atoms with van der Waals surface area (Å²) >= 11 is 2.36. The lowest BCUT2D eigenvalue weighted by Gasteiger charge is -2.51. The van der Waals surface area contributed by atoms with Crippen LogP contribution in [0.3, 0.4) is 0 Å². The van der Waals surface area contributed by atoms with E-state index in [4.69, 9.17) is 4.74 Å². The Morgan fingerprint density at radius 3 is 2.18 bits per heavy atom. The first-order valence-corrected chi connectivity index (χ1v) is 7.96. The van der Waals surface area contributed by atoms with E-state index in [0.717, 1.165) is 17.3 Å². The molecule has 17 heavy (non-hydrogen) atoms. The minimum absolute atomic E-state index is 0.0140. The third-order valence-electron chi connectivity index (χ3n) is 4.21. The van der Waals surface area contributed by atoms with Crippen molar-refractivity contribution >= 4 is 28.6 Å². The van der Waals surface area contributed by atoms with Crippen LogP contribution >= 0.6 is 22.6 Å². The molecular weight excluding hydrogens is 327 g/mol. The summed E-state index contributed by atoms with van der Waals surface area (Å²) in [5.41, 5.74) is 0.739. The molecule has 2 fully saturated rings. The van der Waals surface area contributed by atoms with Gasteiger partial charge in [-0.3, -0.25) is 4.79 Å². The van der Waals surface area contributed by atoms with Gasteiger partial charge in [0.05, 0.1) is 6.42 Å². The van der Waals surface area contributed by atoms with E-state index in [-0.39, 0.29) is 17.5 Å². The van der Waals surface area contributed by atoms with Crippen molar-refractivity contribution in [3.63, 3.8) is 0 Å². The summed E-state index contributed by atoms with van der Waals surface area (Å²) in [6.07, 6.45) is 4.26. The molecule has 0 bridgehead atoms. The summed E-state index contributed by atoms with van der Waals surface area (Å²) in [6.45, 7) is 9.34. The minimum Gasteiger partial charge on any atom is -0.461 e. The molecule has 3 heteroatoms. The van der Waals surface area contributed by atoms with E-state index in [1.165, 1.54) is 6.42 Å². The van der Waals surface area contributed by atoms with E-state index < -0.39 is 0 Å². The fraction of sp³-hybridized carbons (Fsp3) is 0.929. The van der Waals surface area contributed by atoms with Crippen molar-refractivity contribution < 1.29 is 9.53 Å². The molecule has 1 saturated heterocycles. The SMILES string of the molecule is CC1(C)CC(C)(C)CC2(CC(=O)OC2CI)C1. The molecule has 1 heterocycles. The maximum Gasteiger partial charge on any atom is 0.306 e. The van der Waals surface area contributed by atoms with Crippen LogP contribution in [0.1, 0.15) is 53.4 Å². The normalized spacial score (nSPS) is 33.7. The molecule has 0 radical (unpaired) electrons. The molecule has 98 valence electrons. The first-order valence-electron chi connectivity index (χ1n) is 6.44. The Morgan fingerprint density at radius 2 is 1.71 bits per heavy atom. The molecule has 1 atom stereocenters. The second-order valence-electron chi connectivity index (χ2n) is 7.53. The monoisotopic (exact) mass is 350 g/mol. The number of halogens is 1. The summed E-state index contributed by atoms with van der Waals surface area (Å²) in [7, 11) is 0. The van der Waals surface area contributed by atoms with Gasteiger partial charge < -0.3 is 4.74 Å². The van der Waals surface area contributed by atoms with Gasteiger partial charge in [0.2, 0.25) is 0 Å². The summed E-state index contributed by atoms with van der Waals surface area (Å²) < 4.78 is 6.47. The molecule has 0 N–H and O–H groups in total. The van der Waals surface area contributed by atoms with Crippen molar-refractivity contribution in [1.82, 2.24) is 0 Å². The highest BCUT2D eigenvalue weighted by atomic mass is 127. The van der Waals surface area contributed by atoms with E-state index in [9.17, 15) is 4.79 Å². The molecule has 1 aliphatic heterocycles. The maximum absolute atomic E-state index is 11.7. The second-order valence-corrected chi connectivity index (χ2v) is 8.41. The lowest BCUT2D eigenvalue weighted by Crippen LogP contribution is -2.46. The highest BCUT2D eigenvalue weighted by Crippen LogP contribution is 2.59. The van der Waals surface area contributed by atoms with Gasteiger partial charge in [0, 0.05) is 9.84 Å². The van der Waals surface area contributed by atoms with Crippen LogP contribution in [0.5, 0.6) is 0 Å². The Kier molecular flexibility index (Phi) is 3.29. The van der Waals surface area contributed by atoms with Gasteiger partial charge in [-0.05, 0) is 30.1 Å². The highest BCUT2D eigenvalue weighted by molar-refractivity contribution is 14.1. The van der Waals surface area contributed by atoms with Crippen molar-refractivity contribution in [3.05, 3.63) is 0 Å². The first-order chi connectivity index (χ1) is 7.68. The fourth-order valence-electron chi connectivity index (χ4n) is 4.66. The largest absolute Gasteiger partial charge is 0.461 e. The van der Waals surface area contributed by atoms with Crippen molar-refractivity contribution in [1.29, 1.82) is 0 Å². The molecule has 0 amide bonds. The fourth-order valence-corrected chi connectivity index (χ4v) is 5.78. The molecular formula is C14H23IO2. The predicted octanol–water partition coefficient (Wildman–Crippen LogP) is 3.96. The number of hydrogen-bond donors (Lipinski definition) is 0. The molecule has 1 spiro atoms. The zero-order valence-electron chi connectivity index (χ0n) is 11.3. The number of hydrogen-bond acceptors (Lipinski definition) is 2. The summed E-state index contributed by atoms with van der Waals surface area (Å²) in [6, 6.07) is 0. The zero-order chi connectivity index (χ0) is 12.9. The van der Waals surface area contributed by atoms with Crippen LogP contribution in [0.25, 0.3) is 0 Å². The molecule has 1 aliphatic carbocycles. The van der Waals surface area contributed by atoms with Gasteiger partial charge in [0.1, 0.15) is 6.10 Å². The van der Waals surface area contributed by atoms with Crippen LogP contribution in [0, 0.1) is 16.2 Å². The van der Waals surface area contributed by atoms with E-state index in [1.54, 1.807) is 0 Å². The molecule has 2 rings (SSSR count). The van der Waals surface area contributed by atoms with Gasteiger partial charge in [-0.25, -0.2) is 0 Å². The predicted molar refractivity (Wildman–Crippen MR) is 77.2 cm³/mol.